The maximum atomic E-state index is 4.47. The van der Waals surface area contributed by atoms with Crippen LogP contribution < -0.4 is 5.32 Å². The van der Waals surface area contributed by atoms with Gasteiger partial charge in [-0.25, -0.2) is 9.67 Å². The lowest BCUT2D eigenvalue weighted by atomic mass is 10.2. The van der Waals surface area contributed by atoms with Crippen LogP contribution in [0, 0.1) is 5.92 Å². The van der Waals surface area contributed by atoms with Crippen LogP contribution in [0.2, 0.25) is 0 Å². The van der Waals surface area contributed by atoms with E-state index in [0.29, 0.717) is 19.0 Å². The van der Waals surface area contributed by atoms with Gasteiger partial charge >= 0.3 is 0 Å². The molecule has 0 fully saturated rings. The zero-order chi connectivity index (χ0) is 19.9. The van der Waals surface area contributed by atoms with Crippen molar-refractivity contribution in [2.45, 2.75) is 33.5 Å². The monoisotopic (exact) mass is 379 g/mol. The average molecular weight is 380 g/mol. The summed E-state index contributed by atoms with van der Waals surface area (Å²) in [5, 5.41) is 7.88. The van der Waals surface area contributed by atoms with E-state index in [-0.39, 0.29) is 0 Å². The molecule has 7 nitrogen and oxygen atoms in total. The first-order valence-electron chi connectivity index (χ1n) is 9.57. The Balaban J connectivity index is 1.59. The van der Waals surface area contributed by atoms with Crippen molar-refractivity contribution >= 4 is 5.96 Å². The summed E-state index contributed by atoms with van der Waals surface area (Å²) in [5.41, 5.74) is 2.17. The Labute approximate surface area is 166 Å². The van der Waals surface area contributed by atoms with E-state index >= 15 is 0 Å². The Bertz CT molecular complexity index is 892. The minimum atomic E-state index is 0.580. The molecule has 0 aliphatic rings. The zero-order valence-corrected chi connectivity index (χ0v) is 17.1. The summed E-state index contributed by atoms with van der Waals surface area (Å²) in [6, 6.07) is 10.1. The molecule has 1 N–H and O–H groups in total. The van der Waals surface area contributed by atoms with Gasteiger partial charge in [0.15, 0.2) is 5.96 Å². The molecule has 7 heteroatoms. The lowest BCUT2D eigenvalue weighted by molar-refractivity contribution is 0.468. The van der Waals surface area contributed by atoms with E-state index in [0.717, 1.165) is 29.6 Å². The summed E-state index contributed by atoms with van der Waals surface area (Å²) in [6.45, 7) is 6.73. The normalized spacial score (nSPS) is 11.8. The lowest BCUT2D eigenvalue weighted by Crippen LogP contribution is -2.38. The fourth-order valence-electron chi connectivity index (χ4n) is 3.12. The third-order valence-electron chi connectivity index (χ3n) is 4.42. The molecular weight excluding hydrogens is 350 g/mol. The minimum absolute atomic E-state index is 0.580. The summed E-state index contributed by atoms with van der Waals surface area (Å²) < 4.78 is 4.08. The summed E-state index contributed by atoms with van der Waals surface area (Å²) in [7, 11) is 3.82. The molecule has 0 amide bonds. The number of nitrogens with one attached hydrogen (secondary N) is 1. The molecule has 2 aromatic heterocycles. The molecule has 0 aliphatic carbocycles. The highest BCUT2D eigenvalue weighted by molar-refractivity contribution is 5.79. The van der Waals surface area contributed by atoms with Crippen molar-refractivity contribution in [1.82, 2.24) is 29.5 Å². The summed E-state index contributed by atoms with van der Waals surface area (Å²) in [4.78, 5) is 11.0. The fourth-order valence-corrected chi connectivity index (χ4v) is 3.12. The Morgan fingerprint density at radius 1 is 1.25 bits per heavy atom. The van der Waals surface area contributed by atoms with Gasteiger partial charge in [0.1, 0.15) is 5.82 Å². The first-order valence-corrected chi connectivity index (χ1v) is 9.57. The van der Waals surface area contributed by atoms with Crippen molar-refractivity contribution in [3.8, 4) is 5.69 Å². The van der Waals surface area contributed by atoms with Gasteiger partial charge in [0.2, 0.25) is 0 Å². The van der Waals surface area contributed by atoms with Crippen molar-refractivity contribution in [2.75, 3.05) is 14.1 Å². The number of hydrogen-bond donors (Lipinski definition) is 1. The van der Waals surface area contributed by atoms with Gasteiger partial charge in [-0.05, 0) is 18.1 Å². The third kappa shape index (κ3) is 5.00. The maximum Gasteiger partial charge on any atom is 0.194 e. The van der Waals surface area contributed by atoms with Gasteiger partial charge in [0.05, 0.1) is 18.4 Å². The van der Waals surface area contributed by atoms with Crippen LogP contribution in [0.15, 0.2) is 60.1 Å². The van der Waals surface area contributed by atoms with Crippen LogP contribution in [0.4, 0.5) is 0 Å². The van der Waals surface area contributed by atoms with Crippen molar-refractivity contribution in [3.63, 3.8) is 0 Å². The molecule has 148 valence electrons. The molecule has 3 rings (SSSR count). The predicted molar refractivity (Wildman–Crippen MR) is 112 cm³/mol. The number of para-hydroxylation sites is 1. The highest BCUT2D eigenvalue weighted by atomic mass is 15.3. The zero-order valence-electron chi connectivity index (χ0n) is 17.1. The number of benzene rings is 1. The number of aliphatic imine (C=N–C) groups is 1. The number of guanidine groups is 1. The smallest absolute Gasteiger partial charge is 0.194 e. The van der Waals surface area contributed by atoms with E-state index in [1.807, 2.05) is 60.7 Å². The van der Waals surface area contributed by atoms with Crippen molar-refractivity contribution in [1.29, 1.82) is 0 Å². The van der Waals surface area contributed by atoms with E-state index in [9.17, 15) is 0 Å². The summed E-state index contributed by atoms with van der Waals surface area (Å²) in [6.07, 6.45) is 7.83. The van der Waals surface area contributed by atoms with Gasteiger partial charge in [-0.3, -0.25) is 4.99 Å². The van der Waals surface area contributed by atoms with E-state index in [2.05, 4.69) is 49.9 Å². The highest BCUT2D eigenvalue weighted by Gasteiger charge is 2.11. The van der Waals surface area contributed by atoms with Gasteiger partial charge in [-0.2, -0.15) is 5.10 Å². The van der Waals surface area contributed by atoms with Gasteiger partial charge in [0, 0.05) is 51.3 Å². The SMILES string of the molecule is CN=C(NCc1nccn1CC(C)C)N(C)Cc1cnn(-c2ccccc2)c1. The summed E-state index contributed by atoms with van der Waals surface area (Å²) >= 11 is 0. The topological polar surface area (TPSA) is 63.3 Å². The second-order valence-corrected chi connectivity index (χ2v) is 7.28. The highest BCUT2D eigenvalue weighted by Crippen LogP contribution is 2.09. The fraction of sp³-hybridized carbons (Fsp3) is 0.381. The molecule has 3 aromatic rings. The predicted octanol–water partition coefficient (Wildman–Crippen LogP) is 2.93. The number of imidazole rings is 1. The van der Waals surface area contributed by atoms with Gasteiger partial charge < -0.3 is 14.8 Å². The number of rotatable bonds is 7. The molecule has 0 aliphatic heterocycles. The second-order valence-electron chi connectivity index (χ2n) is 7.28. The number of hydrogen-bond acceptors (Lipinski definition) is 3. The van der Waals surface area contributed by atoms with E-state index < -0.39 is 0 Å². The molecule has 28 heavy (non-hydrogen) atoms. The van der Waals surface area contributed by atoms with Crippen LogP contribution in [-0.4, -0.2) is 44.3 Å². The van der Waals surface area contributed by atoms with Crippen molar-refractivity contribution < 1.29 is 0 Å². The van der Waals surface area contributed by atoms with Crippen molar-refractivity contribution in [3.05, 3.63) is 66.5 Å². The number of nitrogens with zero attached hydrogens (tertiary/aromatic N) is 6. The molecule has 0 bridgehead atoms. The van der Waals surface area contributed by atoms with Crippen LogP contribution in [0.1, 0.15) is 25.2 Å². The molecule has 0 unspecified atom stereocenters. The first-order chi connectivity index (χ1) is 13.6. The Hall–Kier alpha value is -3.09. The Morgan fingerprint density at radius 3 is 2.75 bits per heavy atom. The quantitative estimate of drug-likeness (QED) is 0.506. The molecule has 0 atom stereocenters. The standard InChI is InChI=1S/C21H29N7/c1-17(2)14-27-11-10-23-20(27)13-24-21(22-3)26(4)15-18-12-25-28(16-18)19-8-6-5-7-9-19/h5-12,16-17H,13-15H2,1-4H3,(H,22,24). The van der Waals surface area contributed by atoms with Gasteiger partial charge in [-0.1, -0.05) is 32.0 Å². The maximum absolute atomic E-state index is 4.47. The average Bonchev–Trinajstić information content (AvgIpc) is 3.32. The van der Waals surface area contributed by atoms with Gasteiger partial charge in [0.25, 0.3) is 0 Å². The van der Waals surface area contributed by atoms with Crippen LogP contribution in [0.5, 0.6) is 0 Å². The third-order valence-corrected chi connectivity index (χ3v) is 4.42. The number of aromatic nitrogens is 4. The molecule has 0 saturated carbocycles. The van der Waals surface area contributed by atoms with E-state index in [4.69, 9.17) is 0 Å². The van der Waals surface area contributed by atoms with E-state index in [1.54, 1.807) is 7.05 Å². The van der Waals surface area contributed by atoms with Crippen LogP contribution >= 0.6 is 0 Å². The molecule has 0 radical (unpaired) electrons. The molecule has 0 saturated heterocycles. The molecule has 1 aromatic carbocycles. The van der Waals surface area contributed by atoms with Crippen LogP contribution in [0.25, 0.3) is 5.69 Å². The Kier molecular flexibility index (Phi) is 6.47. The summed E-state index contributed by atoms with van der Waals surface area (Å²) in [5.74, 6) is 2.42. The molecule has 2 heterocycles. The van der Waals surface area contributed by atoms with Crippen LogP contribution in [0.3, 0.4) is 0 Å². The molecule has 0 spiro atoms. The Morgan fingerprint density at radius 2 is 2.04 bits per heavy atom. The molecular formula is C21H29N7. The second kappa shape index (κ2) is 9.21. The largest absolute Gasteiger partial charge is 0.349 e. The van der Waals surface area contributed by atoms with Crippen molar-refractivity contribution in [2.24, 2.45) is 10.9 Å². The lowest BCUT2D eigenvalue weighted by Gasteiger charge is -2.21. The first kappa shape index (κ1) is 19.7. The van der Waals surface area contributed by atoms with Gasteiger partial charge in [-0.15, -0.1) is 0 Å². The van der Waals surface area contributed by atoms with Crippen LogP contribution in [-0.2, 0) is 19.6 Å². The van der Waals surface area contributed by atoms with E-state index in [1.165, 1.54) is 0 Å². The minimum Gasteiger partial charge on any atom is -0.349 e.